The third-order valence-corrected chi connectivity index (χ3v) is 4.49. The maximum atomic E-state index is 11.6. The fourth-order valence-electron chi connectivity index (χ4n) is 3.02. The van der Waals surface area contributed by atoms with Gasteiger partial charge < -0.3 is 20.1 Å². The van der Waals surface area contributed by atoms with E-state index in [4.69, 9.17) is 0 Å². The lowest BCUT2D eigenvalue weighted by atomic mass is 10.0. The van der Waals surface area contributed by atoms with E-state index in [1.165, 1.54) is 22.0 Å². The van der Waals surface area contributed by atoms with Crippen LogP contribution in [-0.4, -0.2) is 61.1 Å². The number of fused-ring (bicyclic) bond motifs is 1. The molecular formula is C17H24N4O. The highest BCUT2D eigenvalue weighted by Gasteiger charge is 2.27. The van der Waals surface area contributed by atoms with E-state index in [9.17, 15) is 4.79 Å². The molecule has 0 spiro atoms. The van der Waals surface area contributed by atoms with Crippen molar-refractivity contribution in [2.75, 3.05) is 34.2 Å². The van der Waals surface area contributed by atoms with Crippen molar-refractivity contribution >= 4 is 16.9 Å². The summed E-state index contributed by atoms with van der Waals surface area (Å²) in [7, 11) is 6.06. The third kappa shape index (κ3) is 2.95. The molecule has 1 aromatic carbocycles. The Morgan fingerprint density at radius 2 is 2.18 bits per heavy atom. The Balaban J connectivity index is 1.79. The second kappa shape index (κ2) is 6.01. The molecule has 1 aliphatic heterocycles. The number of H-pyrrole nitrogens is 1. The van der Waals surface area contributed by atoms with Crippen LogP contribution in [0.2, 0.25) is 0 Å². The maximum absolute atomic E-state index is 11.6. The number of aromatic amines is 1. The fraction of sp³-hybridized carbons (Fsp3) is 0.471. The van der Waals surface area contributed by atoms with Gasteiger partial charge in [0.1, 0.15) is 0 Å². The smallest absolute Gasteiger partial charge is 0.317 e. The number of rotatable bonds is 5. The molecule has 1 fully saturated rings. The zero-order chi connectivity index (χ0) is 15.7. The van der Waals surface area contributed by atoms with Gasteiger partial charge in [-0.25, -0.2) is 4.79 Å². The number of hydrogen-bond acceptors (Lipinski definition) is 2. The molecular weight excluding hydrogens is 276 g/mol. The first kappa shape index (κ1) is 14.9. The molecule has 22 heavy (non-hydrogen) atoms. The Bertz CT molecular complexity index is 676. The van der Waals surface area contributed by atoms with Crippen molar-refractivity contribution in [3.63, 3.8) is 0 Å². The molecule has 118 valence electrons. The molecule has 2 aromatic rings. The largest absolute Gasteiger partial charge is 0.361 e. The molecule has 1 aromatic heterocycles. The topological polar surface area (TPSA) is 51.4 Å². The predicted molar refractivity (Wildman–Crippen MR) is 89.2 cm³/mol. The quantitative estimate of drug-likeness (QED) is 0.885. The summed E-state index contributed by atoms with van der Waals surface area (Å²) in [5, 5.41) is 4.20. The molecule has 2 amide bonds. The first-order chi connectivity index (χ1) is 10.5. The minimum Gasteiger partial charge on any atom is -0.361 e. The standard InChI is InChI=1S/C17H24N4O/c1-20(2)7-6-13-10-18-16-5-4-12(9-15(13)16)8-14-11-19-17(22)21(14)3/h4-5,9-10,14,18H,6-8,11H2,1-3H3,(H,19,22). The summed E-state index contributed by atoms with van der Waals surface area (Å²) in [6, 6.07) is 6.85. The van der Waals surface area contributed by atoms with E-state index < -0.39 is 0 Å². The van der Waals surface area contributed by atoms with Crippen LogP contribution in [0.3, 0.4) is 0 Å². The minimum atomic E-state index is 0.0272. The lowest BCUT2D eigenvalue weighted by molar-refractivity contribution is 0.216. The van der Waals surface area contributed by atoms with Crippen LogP contribution in [0.5, 0.6) is 0 Å². The van der Waals surface area contributed by atoms with Gasteiger partial charge in [0, 0.05) is 37.2 Å². The van der Waals surface area contributed by atoms with Gasteiger partial charge in [0.15, 0.2) is 0 Å². The summed E-state index contributed by atoms with van der Waals surface area (Å²) in [5.41, 5.74) is 3.83. The molecule has 1 unspecified atom stereocenters. The van der Waals surface area contributed by atoms with Crippen molar-refractivity contribution in [2.24, 2.45) is 0 Å². The van der Waals surface area contributed by atoms with E-state index in [-0.39, 0.29) is 12.1 Å². The average Bonchev–Trinajstić information content (AvgIpc) is 3.03. The van der Waals surface area contributed by atoms with Crippen LogP contribution in [0.25, 0.3) is 10.9 Å². The van der Waals surface area contributed by atoms with Crippen molar-refractivity contribution in [3.05, 3.63) is 35.5 Å². The summed E-state index contributed by atoms with van der Waals surface area (Å²) in [4.78, 5) is 18.9. The van der Waals surface area contributed by atoms with Crippen molar-refractivity contribution in [3.8, 4) is 0 Å². The number of likely N-dealkylation sites (N-methyl/N-ethyl adjacent to an activating group) is 2. The Morgan fingerprint density at radius 1 is 1.36 bits per heavy atom. The van der Waals surface area contributed by atoms with Gasteiger partial charge in [-0.05, 0) is 50.2 Å². The van der Waals surface area contributed by atoms with Crippen LogP contribution < -0.4 is 5.32 Å². The van der Waals surface area contributed by atoms with Gasteiger partial charge in [-0.3, -0.25) is 0 Å². The zero-order valence-corrected chi connectivity index (χ0v) is 13.5. The molecule has 0 radical (unpaired) electrons. The third-order valence-electron chi connectivity index (χ3n) is 4.49. The van der Waals surface area contributed by atoms with E-state index in [0.717, 1.165) is 25.9 Å². The molecule has 0 bridgehead atoms. The SMILES string of the molecule is CN(C)CCc1c[nH]c2ccc(CC3CNC(=O)N3C)cc12. The van der Waals surface area contributed by atoms with Gasteiger partial charge in [0.05, 0.1) is 6.04 Å². The lowest BCUT2D eigenvalue weighted by Gasteiger charge is -2.17. The number of carbonyl (C=O) groups is 1. The highest BCUT2D eigenvalue weighted by atomic mass is 16.2. The number of benzene rings is 1. The molecule has 5 nitrogen and oxygen atoms in total. The molecule has 0 saturated carbocycles. The van der Waals surface area contributed by atoms with Gasteiger partial charge in [-0.1, -0.05) is 6.07 Å². The van der Waals surface area contributed by atoms with Crippen LogP contribution in [0.1, 0.15) is 11.1 Å². The van der Waals surface area contributed by atoms with Gasteiger partial charge in [0.25, 0.3) is 0 Å². The van der Waals surface area contributed by atoms with Gasteiger partial charge >= 0.3 is 6.03 Å². The summed E-state index contributed by atoms with van der Waals surface area (Å²) < 4.78 is 0. The van der Waals surface area contributed by atoms with Crippen LogP contribution in [0.4, 0.5) is 4.79 Å². The second-order valence-electron chi connectivity index (χ2n) is 6.40. The maximum Gasteiger partial charge on any atom is 0.317 e. The van der Waals surface area contributed by atoms with Crippen molar-refractivity contribution < 1.29 is 4.79 Å². The van der Waals surface area contributed by atoms with E-state index in [2.05, 4.69) is 53.7 Å². The summed E-state index contributed by atoms with van der Waals surface area (Å²) in [6.45, 7) is 1.77. The van der Waals surface area contributed by atoms with E-state index >= 15 is 0 Å². The Hall–Kier alpha value is -2.01. The molecule has 2 N–H and O–H groups in total. The van der Waals surface area contributed by atoms with Gasteiger partial charge in [-0.15, -0.1) is 0 Å². The van der Waals surface area contributed by atoms with Crippen LogP contribution in [0.15, 0.2) is 24.4 Å². The van der Waals surface area contributed by atoms with Gasteiger partial charge in [-0.2, -0.15) is 0 Å². The number of urea groups is 1. The number of amides is 2. The second-order valence-corrected chi connectivity index (χ2v) is 6.40. The molecule has 2 heterocycles. The Morgan fingerprint density at radius 3 is 2.86 bits per heavy atom. The van der Waals surface area contributed by atoms with Crippen LogP contribution in [0, 0.1) is 0 Å². The zero-order valence-electron chi connectivity index (χ0n) is 13.5. The molecule has 1 saturated heterocycles. The van der Waals surface area contributed by atoms with E-state index in [1.54, 1.807) is 4.90 Å². The Kier molecular flexibility index (Phi) is 4.07. The van der Waals surface area contributed by atoms with E-state index in [1.807, 2.05) is 7.05 Å². The van der Waals surface area contributed by atoms with Crippen LogP contribution >= 0.6 is 0 Å². The van der Waals surface area contributed by atoms with Crippen molar-refractivity contribution in [1.82, 2.24) is 20.1 Å². The number of nitrogens with one attached hydrogen (secondary N) is 2. The first-order valence-electron chi connectivity index (χ1n) is 7.79. The highest BCUT2D eigenvalue weighted by molar-refractivity contribution is 5.84. The lowest BCUT2D eigenvalue weighted by Crippen LogP contribution is -2.31. The van der Waals surface area contributed by atoms with E-state index in [0.29, 0.717) is 0 Å². The molecule has 3 rings (SSSR count). The monoisotopic (exact) mass is 300 g/mol. The minimum absolute atomic E-state index is 0.0272. The first-order valence-corrected chi connectivity index (χ1v) is 7.79. The summed E-state index contributed by atoms with van der Waals surface area (Å²) >= 11 is 0. The molecule has 5 heteroatoms. The average molecular weight is 300 g/mol. The highest BCUT2D eigenvalue weighted by Crippen LogP contribution is 2.22. The van der Waals surface area contributed by atoms with Gasteiger partial charge in [0.2, 0.25) is 0 Å². The normalized spacial score (nSPS) is 18.5. The van der Waals surface area contributed by atoms with Crippen molar-refractivity contribution in [2.45, 2.75) is 18.9 Å². The molecule has 0 aliphatic carbocycles. The van der Waals surface area contributed by atoms with Crippen LogP contribution in [-0.2, 0) is 12.8 Å². The summed E-state index contributed by atoms with van der Waals surface area (Å²) in [6.07, 6.45) is 4.05. The number of aromatic nitrogens is 1. The number of hydrogen-bond donors (Lipinski definition) is 2. The predicted octanol–water partition coefficient (Wildman–Crippen LogP) is 1.84. The Labute approximate surface area is 131 Å². The molecule has 1 aliphatic rings. The molecule has 1 atom stereocenters. The number of nitrogens with zero attached hydrogens (tertiary/aromatic N) is 2. The summed E-state index contributed by atoms with van der Waals surface area (Å²) in [5.74, 6) is 0. The number of carbonyl (C=O) groups excluding carboxylic acids is 1. The fourth-order valence-corrected chi connectivity index (χ4v) is 3.02. The van der Waals surface area contributed by atoms with Crippen molar-refractivity contribution in [1.29, 1.82) is 0 Å².